The van der Waals surface area contributed by atoms with E-state index in [2.05, 4.69) is 55.6 Å². The van der Waals surface area contributed by atoms with Gasteiger partial charge in [-0.15, -0.1) is 0 Å². The molecular weight excluding hydrogens is 429 g/mol. The van der Waals surface area contributed by atoms with Crippen LogP contribution < -0.4 is 10.8 Å². The molecule has 1 saturated heterocycles. The second-order valence-corrected chi connectivity index (χ2v) is 9.06. The van der Waals surface area contributed by atoms with Crippen LogP contribution in [0.25, 0.3) is 0 Å². The molecule has 0 aliphatic carbocycles. The van der Waals surface area contributed by atoms with Crippen LogP contribution >= 0.6 is 22.4 Å². The van der Waals surface area contributed by atoms with Gasteiger partial charge in [0.05, 0.1) is 0 Å². The minimum Gasteiger partial charge on any atom is -0.322 e. The first-order chi connectivity index (χ1) is 11.7. The van der Waals surface area contributed by atoms with Gasteiger partial charge in [0.25, 0.3) is 5.91 Å². The Morgan fingerprint density at radius 2 is 2.00 bits per heavy atom. The number of fused-ring (bicyclic) bond motifs is 1. The van der Waals surface area contributed by atoms with Crippen molar-refractivity contribution in [3.05, 3.63) is 29.3 Å². The highest BCUT2D eigenvalue weighted by Crippen LogP contribution is 2.31. The van der Waals surface area contributed by atoms with Crippen LogP contribution in [0.1, 0.15) is 49.5 Å². The standard InChI is InChI=1S/C17H20B2IN2O3/c1-17(2,3)19(20)18-11-6-4-5-10-9-22(16(25)14(10)11)12-7-8-13(23)21-15(12)24/h4-6,12H,7-9H2,1-3H3,(H,21,23,24). The molecule has 8 heteroatoms. The number of rotatable bonds is 3. The van der Waals surface area contributed by atoms with Crippen molar-refractivity contribution in [3.8, 4) is 0 Å². The Morgan fingerprint density at radius 1 is 1.28 bits per heavy atom. The Hall–Kier alpha value is -1.31. The summed E-state index contributed by atoms with van der Waals surface area (Å²) < 4.78 is 0.272. The lowest BCUT2D eigenvalue weighted by Gasteiger charge is -2.29. The molecule has 2 aliphatic rings. The Morgan fingerprint density at radius 3 is 2.64 bits per heavy atom. The lowest BCUT2D eigenvalue weighted by atomic mass is 9.27. The summed E-state index contributed by atoms with van der Waals surface area (Å²) in [6.45, 7) is 6.92. The highest BCUT2D eigenvalue weighted by atomic mass is 127. The predicted molar refractivity (Wildman–Crippen MR) is 107 cm³/mol. The topological polar surface area (TPSA) is 66.5 Å². The van der Waals surface area contributed by atoms with E-state index in [4.69, 9.17) is 0 Å². The van der Waals surface area contributed by atoms with E-state index in [9.17, 15) is 14.4 Å². The van der Waals surface area contributed by atoms with Gasteiger partial charge in [0.1, 0.15) is 13.2 Å². The highest BCUT2D eigenvalue weighted by molar-refractivity contribution is 14.1. The van der Waals surface area contributed by atoms with E-state index in [-0.39, 0.29) is 33.9 Å². The summed E-state index contributed by atoms with van der Waals surface area (Å²) in [7, 11) is 2.13. The van der Waals surface area contributed by atoms with Crippen molar-refractivity contribution in [2.45, 2.75) is 51.5 Å². The minimum atomic E-state index is -0.566. The van der Waals surface area contributed by atoms with Gasteiger partial charge in [0, 0.05) is 18.5 Å². The number of amides is 3. The van der Waals surface area contributed by atoms with Crippen LogP contribution in [-0.2, 0) is 16.1 Å². The Labute approximate surface area is 162 Å². The summed E-state index contributed by atoms with van der Waals surface area (Å²) in [4.78, 5) is 38.1. The van der Waals surface area contributed by atoms with Crippen molar-refractivity contribution in [2.75, 3.05) is 0 Å². The summed E-state index contributed by atoms with van der Waals surface area (Å²) in [6.07, 6.45) is 0.662. The van der Waals surface area contributed by atoms with Crippen LogP contribution in [0.5, 0.6) is 0 Å². The Balaban J connectivity index is 1.86. The SMILES string of the molecule is CC(C)(C)B(I)[B]c1cccc2c1C(=O)N(C1CCC(=O)NC1=O)C2. The first kappa shape index (κ1) is 18.5. The number of piperidine rings is 1. The number of nitrogens with one attached hydrogen (secondary N) is 1. The minimum absolute atomic E-state index is 0.0915. The van der Waals surface area contributed by atoms with E-state index in [1.54, 1.807) is 4.90 Å². The van der Waals surface area contributed by atoms with Crippen LogP contribution in [0, 0.1) is 0 Å². The van der Waals surface area contributed by atoms with E-state index < -0.39 is 6.04 Å². The van der Waals surface area contributed by atoms with Crippen LogP contribution in [0.4, 0.5) is 0 Å². The molecule has 2 aliphatic heterocycles. The summed E-state index contributed by atoms with van der Waals surface area (Å²) in [5.74, 6) is -0.754. The average Bonchev–Trinajstić information content (AvgIpc) is 2.84. The van der Waals surface area contributed by atoms with Gasteiger partial charge in [-0.25, -0.2) is 0 Å². The number of benzene rings is 1. The fourth-order valence-corrected chi connectivity index (χ4v) is 3.58. The number of carbonyl (C=O) groups excluding carboxylic acids is 3. The normalized spacial score (nSPS) is 20.4. The highest BCUT2D eigenvalue weighted by Gasteiger charge is 2.40. The number of halogens is 1. The fraction of sp³-hybridized carbons (Fsp3) is 0.471. The second-order valence-electron chi connectivity index (χ2n) is 7.72. The summed E-state index contributed by atoms with van der Waals surface area (Å²) in [6, 6.07) is 5.29. The van der Waals surface area contributed by atoms with Crippen LogP contribution in [0.3, 0.4) is 0 Å². The quantitative estimate of drug-likeness (QED) is 0.433. The molecule has 5 nitrogen and oxygen atoms in total. The van der Waals surface area contributed by atoms with Gasteiger partial charge < -0.3 is 4.90 Å². The molecule has 3 amide bonds. The first-order valence-electron chi connectivity index (χ1n) is 8.44. The number of imide groups is 1. The molecule has 25 heavy (non-hydrogen) atoms. The van der Waals surface area contributed by atoms with E-state index in [1.807, 2.05) is 18.2 Å². The van der Waals surface area contributed by atoms with Crippen molar-refractivity contribution in [1.82, 2.24) is 10.2 Å². The zero-order valence-electron chi connectivity index (χ0n) is 14.6. The van der Waals surface area contributed by atoms with Gasteiger partial charge in [-0.3, -0.25) is 19.7 Å². The van der Waals surface area contributed by atoms with Gasteiger partial charge in [-0.2, -0.15) is 22.4 Å². The first-order valence-corrected chi connectivity index (χ1v) is 9.68. The third kappa shape index (κ3) is 3.64. The van der Waals surface area contributed by atoms with Crippen molar-refractivity contribution in [1.29, 1.82) is 0 Å². The largest absolute Gasteiger partial charge is 0.322 e. The van der Waals surface area contributed by atoms with Gasteiger partial charge >= 0.3 is 0 Å². The van der Waals surface area contributed by atoms with Crippen LogP contribution in [-0.4, -0.2) is 40.3 Å². The Kier molecular flexibility index (Phi) is 5.01. The third-order valence-corrected chi connectivity index (χ3v) is 6.97. The monoisotopic (exact) mass is 449 g/mol. The molecule has 0 aromatic heterocycles. The zero-order valence-corrected chi connectivity index (χ0v) is 16.8. The lowest BCUT2D eigenvalue weighted by molar-refractivity contribution is -0.136. The molecular formula is C17H20B2IN2O3. The average molecular weight is 449 g/mol. The van der Waals surface area contributed by atoms with Crippen LogP contribution in [0.15, 0.2) is 18.2 Å². The zero-order chi connectivity index (χ0) is 18.4. The van der Waals surface area contributed by atoms with Gasteiger partial charge in [-0.05, 0) is 12.0 Å². The molecule has 1 N–H and O–H groups in total. The molecule has 3 rings (SSSR count). The maximum atomic E-state index is 13.0. The van der Waals surface area contributed by atoms with Crippen molar-refractivity contribution in [3.63, 3.8) is 0 Å². The Bertz CT molecular complexity index is 748. The molecule has 1 radical (unpaired) electrons. The van der Waals surface area contributed by atoms with E-state index in [1.165, 1.54) is 0 Å². The maximum absolute atomic E-state index is 13.0. The molecule has 1 fully saturated rings. The van der Waals surface area contributed by atoms with Crippen molar-refractivity contribution < 1.29 is 14.4 Å². The molecule has 0 spiro atoms. The number of carbonyl (C=O) groups is 3. The molecule has 129 valence electrons. The molecule has 1 unspecified atom stereocenters. The summed E-state index contributed by atoms with van der Waals surface area (Å²) in [5.41, 5.74) is 2.56. The van der Waals surface area contributed by atoms with Crippen molar-refractivity contribution in [2.24, 2.45) is 0 Å². The molecule has 0 bridgehead atoms. The van der Waals surface area contributed by atoms with Gasteiger partial charge in [-0.1, -0.05) is 49.7 Å². The number of hydrogen-bond donors (Lipinski definition) is 1. The van der Waals surface area contributed by atoms with Crippen molar-refractivity contribution >= 4 is 57.2 Å². The van der Waals surface area contributed by atoms with E-state index in [0.29, 0.717) is 18.5 Å². The maximum Gasteiger partial charge on any atom is 0.254 e. The molecule has 1 aromatic carbocycles. The summed E-state index contributed by atoms with van der Waals surface area (Å²) in [5, 5.41) is 2.43. The smallest absolute Gasteiger partial charge is 0.254 e. The lowest BCUT2D eigenvalue weighted by Crippen LogP contribution is -2.52. The van der Waals surface area contributed by atoms with Gasteiger partial charge in [0.15, 0.2) is 4.46 Å². The number of nitrogens with zero attached hydrogens (tertiary/aromatic N) is 1. The van der Waals surface area contributed by atoms with Gasteiger partial charge in [0.2, 0.25) is 11.8 Å². The fourth-order valence-electron chi connectivity index (χ4n) is 3.19. The predicted octanol–water partition coefficient (Wildman–Crippen LogP) is 1.50. The molecule has 0 saturated carbocycles. The van der Waals surface area contributed by atoms with E-state index >= 15 is 0 Å². The molecule has 1 atom stereocenters. The van der Waals surface area contributed by atoms with Crippen LogP contribution in [0.2, 0.25) is 5.31 Å². The molecule has 1 aromatic rings. The number of hydrogen-bond acceptors (Lipinski definition) is 3. The summed E-state index contributed by atoms with van der Waals surface area (Å²) >= 11 is 2.40. The second kappa shape index (κ2) is 6.78. The third-order valence-electron chi connectivity index (χ3n) is 4.74. The molecule has 2 heterocycles. The van der Waals surface area contributed by atoms with E-state index in [0.717, 1.165) is 11.0 Å².